The van der Waals surface area contributed by atoms with Gasteiger partial charge >= 0.3 is 6.03 Å². The third-order valence-corrected chi connectivity index (χ3v) is 5.39. The number of thioether (sulfide) groups is 1. The molecular formula is C19H20N4OS2. The molecule has 0 radical (unpaired) electrons. The molecule has 26 heavy (non-hydrogen) atoms. The Kier molecular flexibility index (Phi) is 6.62. The normalized spacial score (nSPS) is 10.5. The molecule has 2 heterocycles. The third-order valence-electron chi connectivity index (χ3n) is 3.60. The first kappa shape index (κ1) is 18.4. The lowest BCUT2D eigenvalue weighted by Gasteiger charge is -2.06. The van der Waals surface area contributed by atoms with Crippen LogP contribution in [0.5, 0.6) is 0 Å². The molecule has 0 saturated heterocycles. The average Bonchev–Trinajstić information content (AvgIpc) is 3.12. The summed E-state index contributed by atoms with van der Waals surface area (Å²) in [5.41, 5.74) is 4.32. The minimum Gasteiger partial charge on any atom is -0.337 e. The summed E-state index contributed by atoms with van der Waals surface area (Å²) < 4.78 is 0. The minimum absolute atomic E-state index is 0.229. The lowest BCUT2D eigenvalue weighted by Crippen LogP contribution is -2.30. The van der Waals surface area contributed by atoms with Crippen molar-refractivity contribution in [3.05, 3.63) is 65.3 Å². The van der Waals surface area contributed by atoms with Gasteiger partial charge in [-0.25, -0.2) is 9.78 Å². The van der Waals surface area contributed by atoms with Crippen molar-refractivity contribution in [2.45, 2.75) is 12.7 Å². The molecule has 0 aliphatic heterocycles. The van der Waals surface area contributed by atoms with E-state index in [9.17, 15) is 4.79 Å². The number of rotatable bonds is 7. The number of urea groups is 1. The molecule has 0 atom stereocenters. The molecule has 7 heteroatoms. The number of anilines is 1. The van der Waals surface area contributed by atoms with Crippen molar-refractivity contribution in [2.24, 2.45) is 0 Å². The van der Waals surface area contributed by atoms with E-state index in [0.717, 1.165) is 22.8 Å². The fourth-order valence-electron chi connectivity index (χ4n) is 2.23. The Bertz CT molecular complexity index is 834. The Morgan fingerprint density at radius 3 is 2.85 bits per heavy atom. The number of hydrogen-bond acceptors (Lipinski definition) is 5. The van der Waals surface area contributed by atoms with Gasteiger partial charge in [0.1, 0.15) is 0 Å². The number of thiazole rings is 1. The van der Waals surface area contributed by atoms with Crippen molar-refractivity contribution < 1.29 is 4.79 Å². The predicted octanol–water partition coefficient (Wildman–Crippen LogP) is 4.57. The van der Waals surface area contributed by atoms with Gasteiger partial charge in [0.25, 0.3) is 0 Å². The van der Waals surface area contributed by atoms with Gasteiger partial charge in [0.05, 0.1) is 5.69 Å². The third kappa shape index (κ3) is 5.57. The van der Waals surface area contributed by atoms with Crippen molar-refractivity contribution in [2.75, 3.05) is 17.6 Å². The van der Waals surface area contributed by atoms with Gasteiger partial charge in [-0.2, -0.15) is 11.8 Å². The molecule has 3 rings (SSSR count). The predicted molar refractivity (Wildman–Crippen MR) is 110 cm³/mol. The number of hydrogen-bond donors (Lipinski definition) is 2. The Morgan fingerprint density at radius 1 is 1.23 bits per heavy atom. The van der Waals surface area contributed by atoms with Crippen molar-refractivity contribution in [3.8, 4) is 11.3 Å². The van der Waals surface area contributed by atoms with Gasteiger partial charge in [0, 0.05) is 41.4 Å². The first-order chi connectivity index (χ1) is 12.7. The van der Waals surface area contributed by atoms with Crippen LogP contribution < -0.4 is 10.6 Å². The van der Waals surface area contributed by atoms with Crippen molar-refractivity contribution in [3.63, 3.8) is 0 Å². The quantitative estimate of drug-likeness (QED) is 0.586. The molecule has 0 saturated carbocycles. The summed E-state index contributed by atoms with van der Waals surface area (Å²) in [5.74, 6) is 1.81. The summed E-state index contributed by atoms with van der Waals surface area (Å²) in [6.07, 6.45) is 3.48. The molecule has 2 amide bonds. The molecule has 5 nitrogen and oxygen atoms in total. The van der Waals surface area contributed by atoms with E-state index in [2.05, 4.69) is 51.8 Å². The summed E-state index contributed by atoms with van der Waals surface area (Å²) >= 11 is 3.20. The van der Waals surface area contributed by atoms with Crippen LogP contribution in [0.3, 0.4) is 0 Å². The van der Waals surface area contributed by atoms with Crippen LogP contribution in [0.2, 0.25) is 0 Å². The number of aryl methyl sites for hydroxylation is 1. The fraction of sp³-hybridized carbons (Fsp3) is 0.211. The zero-order valence-corrected chi connectivity index (χ0v) is 16.1. The first-order valence-corrected chi connectivity index (χ1v) is 10.3. The number of benzene rings is 1. The maximum Gasteiger partial charge on any atom is 0.321 e. The number of nitrogens with zero attached hydrogens (tertiary/aromatic N) is 2. The molecule has 0 bridgehead atoms. The molecule has 0 aliphatic carbocycles. The highest BCUT2D eigenvalue weighted by molar-refractivity contribution is 7.98. The second-order valence-electron chi connectivity index (χ2n) is 5.70. The van der Waals surface area contributed by atoms with Crippen LogP contribution in [0.1, 0.15) is 11.1 Å². The van der Waals surface area contributed by atoms with Crippen molar-refractivity contribution in [1.82, 2.24) is 15.3 Å². The molecule has 2 aromatic heterocycles. The number of carbonyl (C=O) groups excluding carboxylic acids is 1. The monoisotopic (exact) mass is 384 g/mol. The Hall–Kier alpha value is -2.38. The van der Waals surface area contributed by atoms with E-state index in [1.165, 1.54) is 22.5 Å². The second-order valence-corrected chi connectivity index (χ2v) is 7.66. The maximum absolute atomic E-state index is 12.0. The van der Waals surface area contributed by atoms with Gasteiger partial charge in [0.2, 0.25) is 0 Å². The van der Waals surface area contributed by atoms with Crippen LogP contribution in [-0.2, 0) is 5.75 Å². The van der Waals surface area contributed by atoms with E-state index in [-0.39, 0.29) is 6.03 Å². The number of amides is 2. The highest BCUT2D eigenvalue weighted by Gasteiger charge is 2.07. The number of aromatic nitrogens is 2. The van der Waals surface area contributed by atoms with Gasteiger partial charge in [-0.15, -0.1) is 11.3 Å². The van der Waals surface area contributed by atoms with Gasteiger partial charge in [0.15, 0.2) is 5.13 Å². The van der Waals surface area contributed by atoms with E-state index in [4.69, 9.17) is 0 Å². The molecule has 0 unspecified atom stereocenters. The lowest BCUT2D eigenvalue weighted by molar-refractivity contribution is 0.252. The minimum atomic E-state index is -0.229. The van der Waals surface area contributed by atoms with Gasteiger partial charge in [-0.1, -0.05) is 29.8 Å². The summed E-state index contributed by atoms with van der Waals surface area (Å²) in [6, 6.07) is 12.1. The van der Waals surface area contributed by atoms with Crippen LogP contribution in [0.25, 0.3) is 11.3 Å². The van der Waals surface area contributed by atoms with Crippen molar-refractivity contribution in [1.29, 1.82) is 0 Å². The number of pyridine rings is 1. The highest BCUT2D eigenvalue weighted by atomic mass is 32.2. The molecule has 0 aliphatic rings. The first-order valence-electron chi connectivity index (χ1n) is 8.25. The molecule has 1 aromatic carbocycles. The molecule has 134 valence electrons. The maximum atomic E-state index is 12.0. The van der Waals surface area contributed by atoms with Gasteiger partial charge in [-0.05, 0) is 24.6 Å². The van der Waals surface area contributed by atoms with Crippen LogP contribution in [0, 0.1) is 6.92 Å². The summed E-state index contributed by atoms with van der Waals surface area (Å²) in [4.78, 5) is 20.4. The molecular weight excluding hydrogens is 364 g/mol. The fourth-order valence-corrected chi connectivity index (χ4v) is 3.76. The van der Waals surface area contributed by atoms with Crippen molar-refractivity contribution >= 4 is 34.3 Å². The number of carbonyl (C=O) groups is 1. The summed E-state index contributed by atoms with van der Waals surface area (Å²) in [6.45, 7) is 2.70. The molecule has 2 N–H and O–H groups in total. The zero-order chi connectivity index (χ0) is 18.2. The van der Waals surface area contributed by atoms with Gasteiger partial charge in [-0.3, -0.25) is 10.3 Å². The lowest BCUT2D eigenvalue weighted by atomic mass is 10.2. The standard InChI is InChI=1S/C19H20N4OS2/c1-14-4-6-15(7-5-14)12-25-10-9-21-18(24)23-19-22-17(13-26-19)16-3-2-8-20-11-16/h2-8,11,13H,9-10,12H2,1H3,(H2,21,22,23,24). The topological polar surface area (TPSA) is 66.9 Å². The Labute approximate surface area is 161 Å². The number of nitrogens with one attached hydrogen (secondary N) is 2. The van der Waals surface area contributed by atoms with E-state index < -0.39 is 0 Å². The van der Waals surface area contributed by atoms with Gasteiger partial charge < -0.3 is 5.32 Å². The van der Waals surface area contributed by atoms with Crippen LogP contribution >= 0.6 is 23.1 Å². The Morgan fingerprint density at radius 2 is 2.08 bits per heavy atom. The smallest absolute Gasteiger partial charge is 0.321 e. The highest BCUT2D eigenvalue weighted by Crippen LogP contribution is 2.23. The average molecular weight is 385 g/mol. The van der Waals surface area contributed by atoms with Crippen LogP contribution in [0.15, 0.2) is 54.2 Å². The zero-order valence-electron chi connectivity index (χ0n) is 14.4. The van der Waals surface area contributed by atoms with Crippen LogP contribution in [-0.4, -0.2) is 28.3 Å². The Balaban J connectivity index is 1.37. The molecule has 0 spiro atoms. The van der Waals surface area contributed by atoms with E-state index >= 15 is 0 Å². The van der Waals surface area contributed by atoms with E-state index in [1.54, 1.807) is 24.2 Å². The SMILES string of the molecule is Cc1ccc(CSCCNC(=O)Nc2nc(-c3cccnc3)cs2)cc1. The molecule has 0 fully saturated rings. The van der Waals surface area contributed by atoms with E-state index in [1.807, 2.05) is 17.5 Å². The summed E-state index contributed by atoms with van der Waals surface area (Å²) in [7, 11) is 0. The summed E-state index contributed by atoms with van der Waals surface area (Å²) in [5, 5.41) is 8.12. The molecule has 3 aromatic rings. The van der Waals surface area contributed by atoms with E-state index in [0.29, 0.717) is 11.7 Å². The largest absolute Gasteiger partial charge is 0.337 e. The second kappa shape index (κ2) is 9.35. The van der Waals surface area contributed by atoms with Crippen LogP contribution in [0.4, 0.5) is 9.93 Å².